The zero-order valence-electron chi connectivity index (χ0n) is 9.66. The fraction of sp³-hybridized carbons (Fsp3) is 0.800. The number of aliphatic hydroxyl groups is 2. The summed E-state index contributed by atoms with van der Waals surface area (Å²) in [4.78, 5) is 21.4. The minimum absolute atomic E-state index is 0.0165. The molecule has 1 fully saturated rings. The summed E-state index contributed by atoms with van der Waals surface area (Å²) in [5.74, 6) is -1.07. The fourth-order valence-electron chi connectivity index (χ4n) is 1.51. The molecule has 0 bridgehead atoms. The van der Waals surface area contributed by atoms with Crippen LogP contribution in [0.4, 0.5) is 0 Å². The lowest BCUT2D eigenvalue weighted by Gasteiger charge is -2.35. The molecule has 0 radical (unpaired) electrons. The van der Waals surface area contributed by atoms with E-state index < -0.39 is 36.5 Å². The van der Waals surface area contributed by atoms with Crippen LogP contribution in [0.25, 0.3) is 0 Å². The van der Waals surface area contributed by atoms with Crippen LogP contribution in [-0.2, 0) is 23.8 Å². The first kappa shape index (κ1) is 13.9. The Hall–Kier alpha value is -1.18. The van der Waals surface area contributed by atoms with Crippen molar-refractivity contribution in [3.63, 3.8) is 0 Å². The van der Waals surface area contributed by atoms with E-state index in [2.05, 4.69) is 4.74 Å². The molecule has 2 N–H and O–H groups in total. The Kier molecular flexibility index (Phi) is 4.86. The van der Waals surface area contributed by atoms with Crippen LogP contribution in [0.5, 0.6) is 0 Å². The molecular weight excluding hydrogens is 232 g/mol. The van der Waals surface area contributed by atoms with Crippen molar-refractivity contribution in [3.8, 4) is 0 Å². The SMILES string of the molecule is CC(=O)OC[C@H]1OC(OC(C)=O)C[C@@H](O)[C@@H]1O. The first-order valence-electron chi connectivity index (χ1n) is 5.22. The quantitative estimate of drug-likeness (QED) is 0.614. The number of rotatable bonds is 3. The van der Waals surface area contributed by atoms with Gasteiger partial charge in [0.05, 0.1) is 6.10 Å². The molecule has 98 valence electrons. The van der Waals surface area contributed by atoms with Gasteiger partial charge in [-0.05, 0) is 0 Å². The molecule has 1 saturated heterocycles. The number of hydrogen-bond acceptors (Lipinski definition) is 7. The first-order valence-corrected chi connectivity index (χ1v) is 5.22. The van der Waals surface area contributed by atoms with Crippen molar-refractivity contribution in [1.82, 2.24) is 0 Å². The topological polar surface area (TPSA) is 102 Å². The van der Waals surface area contributed by atoms with Crippen LogP contribution in [0.15, 0.2) is 0 Å². The van der Waals surface area contributed by atoms with E-state index in [0.717, 1.165) is 0 Å². The summed E-state index contributed by atoms with van der Waals surface area (Å²) in [6, 6.07) is 0. The molecular formula is C10H16O7. The zero-order chi connectivity index (χ0) is 13.0. The van der Waals surface area contributed by atoms with E-state index in [1.54, 1.807) is 0 Å². The van der Waals surface area contributed by atoms with Crippen LogP contribution in [0.1, 0.15) is 20.3 Å². The van der Waals surface area contributed by atoms with Gasteiger partial charge in [-0.25, -0.2) is 0 Å². The summed E-state index contributed by atoms with van der Waals surface area (Å²) in [6.07, 6.45) is -4.13. The molecule has 0 spiro atoms. The van der Waals surface area contributed by atoms with Crippen LogP contribution in [0.2, 0.25) is 0 Å². The van der Waals surface area contributed by atoms with Crippen LogP contribution >= 0.6 is 0 Å². The highest BCUT2D eigenvalue weighted by Gasteiger charge is 2.38. The van der Waals surface area contributed by atoms with Gasteiger partial charge in [0, 0.05) is 20.3 Å². The molecule has 0 aliphatic carbocycles. The highest BCUT2D eigenvalue weighted by Crippen LogP contribution is 2.21. The van der Waals surface area contributed by atoms with Crippen molar-refractivity contribution in [1.29, 1.82) is 0 Å². The van der Waals surface area contributed by atoms with Gasteiger partial charge in [0.2, 0.25) is 6.29 Å². The molecule has 1 heterocycles. The van der Waals surface area contributed by atoms with E-state index in [0.29, 0.717) is 0 Å². The number of hydrogen-bond donors (Lipinski definition) is 2. The summed E-state index contributed by atoms with van der Waals surface area (Å²) in [5.41, 5.74) is 0. The molecule has 7 heteroatoms. The molecule has 0 amide bonds. The van der Waals surface area contributed by atoms with Gasteiger partial charge >= 0.3 is 11.9 Å². The lowest BCUT2D eigenvalue weighted by molar-refractivity contribution is -0.252. The molecule has 0 aromatic rings. The van der Waals surface area contributed by atoms with E-state index in [1.807, 2.05) is 0 Å². The Morgan fingerprint density at radius 3 is 2.47 bits per heavy atom. The summed E-state index contributed by atoms with van der Waals surface area (Å²) < 4.78 is 14.7. The van der Waals surface area contributed by atoms with E-state index in [1.165, 1.54) is 13.8 Å². The predicted molar refractivity (Wildman–Crippen MR) is 53.7 cm³/mol. The van der Waals surface area contributed by atoms with E-state index in [4.69, 9.17) is 9.47 Å². The molecule has 4 atom stereocenters. The molecule has 1 rings (SSSR count). The summed E-state index contributed by atoms with van der Waals surface area (Å²) in [6.45, 7) is 2.22. The Morgan fingerprint density at radius 2 is 1.94 bits per heavy atom. The minimum atomic E-state index is -1.18. The zero-order valence-corrected chi connectivity index (χ0v) is 9.66. The standard InChI is InChI=1S/C10H16O7/c1-5(11)15-4-8-10(14)7(13)3-9(17-8)16-6(2)12/h7-10,13-14H,3-4H2,1-2H3/t7-,8-,9?,10+/m1/s1. The highest BCUT2D eigenvalue weighted by atomic mass is 16.7. The molecule has 1 aliphatic heterocycles. The third-order valence-corrected chi connectivity index (χ3v) is 2.28. The van der Waals surface area contributed by atoms with Gasteiger partial charge in [-0.3, -0.25) is 9.59 Å². The summed E-state index contributed by atoms with van der Waals surface area (Å²) in [5, 5.41) is 19.1. The third-order valence-electron chi connectivity index (χ3n) is 2.28. The average Bonchev–Trinajstić information content (AvgIpc) is 2.20. The molecule has 17 heavy (non-hydrogen) atoms. The second kappa shape index (κ2) is 5.95. The fourth-order valence-corrected chi connectivity index (χ4v) is 1.51. The van der Waals surface area contributed by atoms with Crippen molar-refractivity contribution in [3.05, 3.63) is 0 Å². The van der Waals surface area contributed by atoms with Gasteiger partial charge < -0.3 is 24.4 Å². The van der Waals surface area contributed by atoms with Gasteiger partial charge in [-0.1, -0.05) is 0 Å². The third kappa shape index (κ3) is 4.29. The highest BCUT2D eigenvalue weighted by molar-refractivity contribution is 5.66. The molecule has 0 aromatic carbocycles. The number of carbonyl (C=O) groups is 2. The Labute approximate surface area is 98.3 Å². The van der Waals surface area contributed by atoms with Gasteiger partial charge in [-0.15, -0.1) is 0 Å². The smallest absolute Gasteiger partial charge is 0.304 e. The van der Waals surface area contributed by atoms with Crippen molar-refractivity contribution in [2.24, 2.45) is 0 Å². The molecule has 7 nitrogen and oxygen atoms in total. The second-order valence-corrected chi connectivity index (χ2v) is 3.81. The normalized spacial score (nSPS) is 32.9. The van der Waals surface area contributed by atoms with E-state index >= 15 is 0 Å². The molecule has 0 aromatic heterocycles. The molecule has 1 aliphatic rings. The molecule has 1 unspecified atom stereocenters. The maximum Gasteiger partial charge on any atom is 0.304 e. The van der Waals surface area contributed by atoms with E-state index in [-0.39, 0.29) is 13.0 Å². The lowest BCUT2D eigenvalue weighted by atomic mass is 10.0. The van der Waals surface area contributed by atoms with Crippen molar-refractivity contribution >= 4 is 11.9 Å². The largest absolute Gasteiger partial charge is 0.463 e. The number of esters is 2. The maximum absolute atomic E-state index is 10.7. The Balaban J connectivity index is 2.54. The maximum atomic E-state index is 10.7. The second-order valence-electron chi connectivity index (χ2n) is 3.81. The predicted octanol–water partition coefficient (Wildman–Crippen LogP) is -1.05. The van der Waals surface area contributed by atoms with E-state index in [9.17, 15) is 19.8 Å². The van der Waals surface area contributed by atoms with Crippen LogP contribution in [-0.4, -0.2) is 53.4 Å². The van der Waals surface area contributed by atoms with Crippen LogP contribution in [0, 0.1) is 0 Å². The number of aliphatic hydroxyl groups excluding tert-OH is 2. The van der Waals surface area contributed by atoms with Gasteiger partial charge in [0.15, 0.2) is 0 Å². The van der Waals surface area contributed by atoms with Gasteiger partial charge in [0.1, 0.15) is 18.8 Å². The number of ether oxygens (including phenoxy) is 3. The minimum Gasteiger partial charge on any atom is -0.463 e. The molecule has 0 saturated carbocycles. The van der Waals surface area contributed by atoms with Crippen LogP contribution in [0.3, 0.4) is 0 Å². The summed E-state index contributed by atoms with van der Waals surface area (Å²) in [7, 11) is 0. The van der Waals surface area contributed by atoms with Gasteiger partial charge in [0.25, 0.3) is 0 Å². The van der Waals surface area contributed by atoms with Crippen molar-refractivity contribution in [2.45, 2.75) is 44.9 Å². The Morgan fingerprint density at radius 1 is 1.29 bits per heavy atom. The number of carbonyl (C=O) groups excluding carboxylic acids is 2. The first-order chi connectivity index (χ1) is 7.90. The van der Waals surface area contributed by atoms with Crippen LogP contribution < -0.4 is 0 Å². The Bertz CT molecular complexity index is 290. The summed E-state index contributed by atoms with van der Waals surface area (Å²) >= 11 is 0. The van der Waals surface area contributed by atoms with Crippen molar-refractivity contribution < 1.29 is 34.0 Å². The monoisotopic (exact) mass is 248 g/mol. The van der Waals surface area contributed by atoms with Gasteiger partial charge in [-0.2, -0.15) is 0 Å². The lowest BCUT2D eigenvalue weighted by Crippen LogP contribution is -2.51. The average molecular weight is 248 g/mol. The van der Waals surface area contributed by atoms with Crippen molar-refractivity contribution in [2.75, 3.05) is 6.61 Å².